The molecule has 0 amide bonds. The minimum Gasteiger partial charge on any atom is -0.316 e. The van der Waals surface area contributed by atoms with E-state index in [1.807, 2.05) is 7.05 Å². The van der Waals surface area contributed by atoms with Crippen molar-refractivity contribution in [3.63, 3.8) is 0 Å². The van der Waals surface area contributed by atoms with Crippen LogP contribution in [0.2, 0.25) is 0 Å². The van der Waals surface area contributed by atoms with E-state index in [9.17, 15) is 0 Å². The molecule has 0 aliphatic rings. The largest absolute Gasteiger partial charge is 0.316 e. The van der Waals surface area contributed by atoms with Crippen molar-refractivity contribution in [3.8, 4) is 0 Å². The first-order valence-corrected chi connectivity index (χ1v) is 5.17. The third-order valence-corrected chi connectivity index (χ3v) is 2.47. The summed E-state index contributed by atoms with van der Waals surface area (Å²) in [7, 11) is 4.14. The van der Waals surface area contributed by atoms with Crippen molar-refractivity contribution in [2.24, 2.45) is 0 Å². The first-order chi connectivity index (χ1) is 6.77. The van der Waals surface area contributed by atoms with E-state index < -0.39 is 0 Å². The van der Waals surface area contributed by atoms with E-state index in [2.05, 4.69) is 48.5 Å². The summed E-state index contributed by atoms with van der Waals surface area (Å²) in [6.45, 7) is 5.26. The van der Waals surface area contributed by atoms with Gasteiger partial charge in [-0.15, -0.1) is 0 Å². The summed E-state index contributed by atoms with van der Waals surface area (Å²) in [5, 5.41) is 3.20. The number of hydrogen-bond donors (Lipinski definition) is 1. The average molecular weight is 192 g/mol. The van der Waals surface area contributed by atoms with Gasteiger partial charge in [0.05, 0.1) is 0 Å². The van der Waals surface area contributed by atoms with Gasteiger partial charge in [0.2, 0.25) is 0 Å². The highest BCUT2D eigenvalue weighted by atomic mass is 15.1. The van der Waals surface area contributed by atoms with Gasteiger partial charge < -0.3 is 10.2 Å². The van der Waals surface area contributed by atoms with Crippen LogP contribution in [0.3, 0.4) is 0 Å². The Balaban J connectivity index is 2.73. The molecule has 0 aliphatic carbocycles. The molecule has 2 nitrogen and oxygen atoms in total. The van der Waals surface area contributed by atoms with Crippen molar-refractivity contribution in [3.05, 3.63) is 35.4 Å². The van der Waals surface area contributed by atoms with E-state index in [1.165, 1.54) is 11.1 Å². The van der Waals surface area contributed by atoms with Gasteiger partial charge in [0.15, 0.2) is 0 Å². The molecule has 0 spiro atoms. The third kappa shape index (κ3) is 3.13. The van der Waals surface area contributed by atoms with Crippen LogP contribution in [-0.4, -0.2) is 25.5 Å². The zero-order valence-corrected chi connectivity index (χ0v) is 9.38. The minimum atomic E-state index is 0.952. The summed E-state index contributed by atoms with van der Waals surface area (Å²) >= 11 is 0. The second-order valence-corrected chi connectivity index (χ2v) is 3.63. The van der Waals surface area contributed by atoms with Crippen LogP contribution >= 0.6 is 0 Å². The van der Waals surface area contributed by atoms with Crippen LogP contribution in [0.15, 0.2) is 24.3 Å². The van der Waals surface area contributed by atoms with Crippen molar-refractivity contribution >= 4 is 0 Å². The Kier molecular flexibility index (Phi) is 4.63. The molecule has 2 heteroatoms. The molecule has 78 valence electrons. The van der Waals surface area contributed by atoms with Gasteiger partial charge in [-0.3, -0.25) is 0 Å². The molecule has 0 saturated carbocycles. The molecule has 0 saturated heterocycles. The Morgan fingerprint density at radius 1 is 1.21 bits per heavy atom. The number of rotatable bonds is 5. The highest BCUT2D eigenvalue weighted by Crippen LogP contribution is 2.10. The van der Waals surface area contributed by atoms with Gasteiger partial charge in [-0.05, 0) is 31.8 Å². The molecule has 0 atom stereocenters. The highest BCUT2D eigenvalue weighted by Gasteiger charge is 2.02. The van der Waals surface area contributed by atoms with Crippen LogP contribution in [0.5, 0.6) is 0 Å². The average Bonchev–Trinajstić information content (AvgIpc) is 2.21. The van der Waals surface area contributed by atoms with Crippen molar-refractivity contribution < 1.29 is 0 Å². The highest BCUT2D eigenvalue weighted by molar-refractivity contribution is 5.26. The molecule has 0 fully saturated rings. The molecule has 0 bridgehead atoms. The van der Waals surface area contributed by atoms with E-state index >= 15 is 0 Å². The fraction of sp³-hybridized carbons (Fsp3) is 0.500. The molecule has 0 aromatic heterocycles. The predicted octanol–water partition coefficient (Wildman–Crippen LogP) is 1.86. The fourth-order valence-corrected chi connectivity index (χ4v) is 1.48. The zero-order chi connectivity index (χ0) is 10.4. The molecule has 0 radical (unpaired) electrons. The van der Waals surface area contributed by atoms with Gasteiger partial charge in [-0.1, -0.05) is 31.2 Å². The Labute approximate surface area is 86.9 Å². The van der Waals surface area contributed by atoms with Gasteiger partial charge >= 0.3 is 0 Å². The standard InChI is InChI=1S/C12H20N2/c1-4-14(3)10-12-8-6-5-7-11(12)9-13-2/h5-8,13H,4,9-10H2,1-3H3. The van der Waals surface area contributed by atoms with Crippen LogP contribution in [0.25, 0.3) is 0 Å². The minimum absolute atomic E-state index is 0.952. The van der Waals surface area contributed by atoms with Gasteiger partial charge in [0.25, 0.3) is 0 Å². The van der Waals surface area contributed by atoms with E-state index in [4.69, 9.17) is 0 Å². The Morgan fingerprint density at radius 3 is 2.43 bits per heavy atom. The smallest absolute Gasteiger partial charge is 0.0233 e. The fourth-order valence-electron chi connectivity index (χ4n) is 1.48. The topological polar surface area (TPSA) is 15.3 Å². The third-order valence-electron chi connectivity index (χ3n) is 2.47. The van der Waals surface area contributed by atoms with Crippen molar-refractivity contribution in [2.45, 2.75) is 20.0 Å². The molecule has 1 rings (SSSR count). The van der Waals surface area contributed by atoms with Crippen LogP contribution in [0, 0.1) is 0 Å². The lowest BCUT2D eigenvalue weighted by molar-refractivity contribution is 0.344. The molecular formula is C12H20N2. The molecule has 1 aromatic rings. The summed E-state index contributed by atoms with van der Waals surface area (Å²) in [6, 6.07) is 8.61. The van der Waals surface area contributed by atoms with E-state index in [0.29, 0.717) is 0 Å². The summed E-state index contributed by atoms with van der Waals surface area (Å²) in [5.74, 6) is 0. The number of nitrogens with zero attached hydrogens (tertiary/aromatic N) is 1. The van der Waals surface area contributed by atoms with Crippen LogP contribution in [0.4, 0.5) is 0 Å². The van der Waals surface area contributed by atoms with Crippen LogP contribution in [-0.2, 0) is 13.1 Å². The predicted molar refractivity (Wildman–Crippen MR) is 61.2 cm³/mol. The molecule has 1 N–H and O–H groups in total. The van der Waals surface area contributed by atoms with Gasteiger partial charge in [0.1, 0.15) is 0 Å². The maximum Gasteiger partial charge on any atom is 0.0233 e. The summed E-state index contributed by atoms with van der Waals surface area (Å²) in [6.07, 6.45) is 0. The maximum atomic E-state index is 3.20. The zero-order valence-electron chi connectivity index (χ0n) is 9.38. The van der Waals surface area contributed by atoms with E-state index in [1.54, 1.807) is 0 Å². The van der Waals surface area contributed by atoms with Crippen LogP contribution < -0.4 is 5.32 Å². The first-order valence-electron chi connectivity index (χ1n) is 5.17. The second kappa shape index (κ2) is 5.78. The Morgan fingerprint density at radius 2 is 1.86 bits per heavy atom. The Hall–Kier alpha value is -0.860. The van der Waals surface area contributed by atoms with Gasteiger partial charge in [-0.25, -0.2) is 0 Å². The molecule has 0 aliphatic heterocycles. The summed E-state index contributed by atoms with van der Waals surface area (Å²) in [5.41, 5.74) is 2.82. The lowest BCUT2D eigenvalue weighted by atomic mass is 10.1. The molecular weight excluding hydrogens is 172 g/mol. The van der Waals surface area contributed by atoms with Gasteiger partial charge in [0, 0.05) is 13.1 Å². The number of benzene rings is 1. The van der Waals surface area contributed by atoms with Crippen molar-refractivity contribution in [1.29, 1.82) is 0 Å². The monoisotopic (exact) mass is 192 g/mol. The van der Waals surface area contributed by atoms with E-state index in [-0.39, 0.29) is 0 Å². The summed E-state index contributed by atoms with van der Waals surface area (Å²) in [4.78, 5) is 2.31. The molecule has 1 aromatic carbocycles. The summed E-state index contributed by atoms with van der Waals surface area (Å²) < 4.78 is 0. The van der Waals surface area contributed by atoms with Gasteiger partial charge in [-0.2, -0.15) is 0 Å². The lowest BCUT2D eigenvalue weighted by Crippen LogP contribution is -2.18. The second-order valence-electron chi connectivity index (χ2n) is 3.63. The first kappa shape index (κ1) is 11.2. The maximum absolute atomic E-state index is 3.20. The lowest BCUT2D eigenvalue weighted by Gasteiger charge is -2.16. The SMILES string of the molecule is CCN(C)Cc1ccccc1CNC. The molecule has 14 heavy (non-hydrogen) atoms. The van der Waals surface area contributed by atoms with Crippen molar-refractivity contribution in [2.75, 3.05) is 20.6 Å². The number of nitrogens with one attached hydrogen (secondary N) is 1. The number of hydrogen-bond acceptors (Lipinski definition) is 2. The quantitative estimate of drug-likeness (QED) is 0.766. The molecule has 0 heterocycles. The van der Waals surface area contributed by atoms with E-state index in [0.717, 1.165) is 19.6 Å². The Bertz CT molecular complexity index is 271. The van der Waals surface area contributed by atoms with Crippen molar-refractivity contribution in [1.82, 2.24) is 10.2 Å². The molecule has 0 unspecified atom stereocenters. The van der Waals surface area contributed by atoms with Crippen LogP contribution in [0.1, 0.15) is 18.1 Å². The normalized spacial score (nSPS) is 10.9.